The van der Waals surface area contributed by atoms with E-state index in [0.717, 1.165) is 44.7 Å². The van der Waals surface area contributed by atoms with Crippen LogP contribution in [0.4, 0.5) is 0 Å². The molecule has 0 bridgehead atoms. The van der Waals surface area contributed by atoms with E-state index in [2.05, 4.69) is 4.90 Å². The fraction of sp³-hybridized carbons (Fsp3) is 0.562. The Morgan fingerprint density at radius 1 is 1.33 bits per heavy atom. The molecule has 2 aliphatic rings. The Labute approximate surface area is 124 Å². The van der Waals surface area contributed by atoms with E-state index in [1.54, 1.807) is 19.1 Å². The molecular formula is C16H21NO4. The number of aromatic carboxylic acids is 1. The standard InChI is InChI=1S/C16H21NO4/c1-11-2-3-13(10-15(11)16(18)19)21-14-8-12(9-14)17-4-6-20-7-5-17/h2-3,10,12,14H,4-9H2,1H3,(H,18,19)/t12-,14-. The van der Waals surface area contributed by atoms with Crippen LogP contribution in [-0.2, 0) is 4.74 Å². The van der Waals surface area contributed by atoms with Gasteiger partial charge in [0.1, 0.15) is 11.9 Å². The van der Waals surface area contributed by atoms with Crippen molar-refractivity contribution in [3.05, 3.63) is 29.3 Å². The minimum Gasteiger partial charge on any atom is -0.490 e. The van der Waals surface area contributed by atoms with E-state index in [1.165, 1.54) is 0 Å². The maximum absolute atomic E-state index is 11.1. The lowest BCUT2D eigenvalue weighted by atomic mass is 9.87. The van der Waals surface area contributed by atoms with Crippen molar-refractivity contribution in [1.82, 2.24) is 4.90 Å². The summed E-state index contributed by atoms with van der Waals surface area (Å²) >= 11 is 0. The first-order chi connectivity index (χ1) is 10.1. The first-order valence-electron chi connectivity index (χ1n) is 7.46. The summed E-state index contributed by atoms with van der Waals surface area (Å²) in [6.45, 7) is 5.45. The minimum atomic E-state index is -0.905. The van der Waals surface area contributed by atoms with Gasteiger partial charge in [0.2, 0.25) is 0 Å². The topological polar surface area (TPSA) is 59.0 Å². The van der Waals surface area contributed by atoms with Crippen LogP contribution in [0.2, 0.25) is 0 Å². The highest BCUT2D eigenvalue weighted by molar-refractivity contribution is 5.89. The lowest BCUT2D eigenvalue weighted by Gasteiger charge is -2.44. The van der Waals surface area contributed by atoms with E-state index < -0.39 is 5.97 Å². The third kappa shape index (κ3) is 3.19. The zero-order valence-corrected chi connectivity index (χ0v) is 12.2. The minimum absolute atomic E-state index is 0.196. The van der Waals surface area contributed by atoms with E-state index in [0.29, 0.717) is 17.4 Å². The molecule has 1 aliphatic heterocycles. The van der Waals surface area contributed by atoms with E-state index in [-0.39, 0.29) is 6.10 Å². The second-order valence-electron chi connectivity index (χ2n) is 5.80. The Bertz CT molecular complexity index is 519. The number of carboxylic acids is 1. The van der Waals surface area contributed by atoms with Gasteiger partial charge < -0.3 is 14.6 Å². The zero-order chi connectivity index (χ0) is 14.8. The quantitative estimate of drug-likeness (QED) is 0.918. The van der Waals surface area contributed by atoms with Crippen molar-refractivity contribution in [2.75, 3.05) is 26.3 Å². The van der Waals surface area contributed by atoms with Gasteiger partial charge in [-0.1, -0.05) is 6.07 Å². The Hall–Kier alpha value is -1.59. The van der Waals surface area contributed by atoms with Crippen LogP contribution in [0, 0.1) is 6.92 Å². The van der Waals surface area contributed by atoms with Crippen molar-refractivity contribution in [1.29, 1.82) is 0 Å². The first-order valence-corrected chi connectivity index (χ1v) is 7.46. The van der Waals surface area contributed by atoms with Gasteiger partial charge in [0, 0.05) is 32.0 Å². The fourth-order valence-corrected chi connectivity index (χ4v) is 2.97. The average molecular weight is 291 g/mol. The Kier molecular flexibility index (Phi) is 4.12. The Morgan fingerprint density at radius 2 is 2.05 bits per heavy atom. The molecule has 1 aromatic rings. The number of carbonyl (C=O) groups is 1. The summed E-state index contributed by atoms with van der Waals surface area (Å²) in [6, 6.07) is 5.86. The van der Waals surface area contributed by atoms with Gasteiger partial charge >= 0.3 is 5.97 Å². The van der Waals surface area contributed by atoms with E-state index >= 15 is 0 Å². The van der Waals surface area contributed by atoms with Crippen molar-refractivity contribution in [3.8, 4) is 5.75 Å². The van der Waals surface area contributed by atoms with Crippen LogP contribution in [0.15, 0.2) is 18.2 Å². The SMILES string of the molecule is Cc1ccc(O[C@H]2C[C@H](N3CCOCC3)C2)cc1C(=O)O. The fourth-order valence-electron chi connectivity index (χ4n) is 2.97. The predicted octanol–water partition coefficient (Wildman–Crippen LogP) is 1.94. The highest BCUT2D eigenvalue weighted by Crippen LogP contribution is 2.31. The molecule has 1 saturated heterocycles. The van der Waals surface area contributed by atoms with Gasteiger partial charge in [0.25, 0.3) is 0 Å². The molecule has 3 rings (SSSR count). The zero-order valence-electron chi connectivity index (χ0n) is 12.2. The van der Waals surface area contributed by atoms with E-state index in [4.69, 9.17) is 14.6 Å². The van der Waals surface area contributed by atoms with Gasteiger partial charge in [-0.05, 0) is 24.6 Å². The van der Waals surface area contributed by atoms with Crippen molar-refractivity contribution in [2.24, 2.45) is 0 Å². The summed E-state index contributed by atoms with van der Waals surface area (Å²) < 4.78 is 11.3. The van der Waals surface area contributed by atoms with Gasteiger partial charge in [-0.2, -0.15) is 0 Å². The summed E-state index contributed by atoms with van der Waals surface area (Å²) in [7, 11) is 0. The molecule has 114 valence electrons. The molecule has 2 fully saturated rings. The molecule has 1 N–H and O–H groups in total. The van der Waals surface area contributed by atoms with Crippen molar-refractivity contribution >= 4 is 5.97 Å². The van der Waals surface area contributed by atoms with Crippen LogP contribution in [-0.4, -0.2) is 54.4 Å². The summed E-state index contributed by atoms with van der Waals surface area (Å²) in [4.78, 5) is 13.6. The summed E-state index contributed by atoms with van der Waals surface area (Å²) in [5, 5.41) is 9.13. The number of morpholine rings is 1. The first kappa shape index (κ1) is 14.4. The van der Waals surface area contributed by atoms with E-state index in [1.807, 2.05) is 6.07 Å². The van der Waals surface area contributed by atoms with Crippen LogP contribution < -0.4 is 4.74 Å². The van der Waals surface area contributed by atoms with Crippen molar-refractivity contribution in [2.45, 2.75) is 31.9 Å². The molecule has 0 radical (unpaired) electrons. The molecular weight excluding hydrogens is 270 g/mol. The van der Waals surface area contributed by atoms with Crippen LogP contribution in [0.1, 0.15) is 28.8 Å². The van der Waals surface area contributed by atoms with Crippen LogP contribution >= 0.6 is 0 Å². The van der Waals surface area contributed by atoms with Crippen LogP contribution in [0.25, 0.3) is 0 Å². The molecule has 21 heavy (non-hydrogen) atoms. The summed E-state index contributed by atoms with van der Waals surface area (Å²) in [5.74, 6) is -0.249. The van der Waals surface area contributed by atoms with Gasteiger partial charge in [0.15, 0.2) is 0 Å². The number of ether oxygens (including phenoxy) is 2. The third-order valence-electron chi connectivity index (χ3n) is 4.37. The lowest BCUT2D eigenvalue weighted by molar-refractivity contribution is -0.0373. The number of carboxylic acid groups (broad SMARTS) is 1. The van der Waals surface area contributed by atoms with Crippen molar-refractivity contribution < 1.29 is 19.4 Å². The molecule has 1 saturated carbocycles. The van der Waals surface area contributed by atoms with Crippen LogP contribution in [0.5, 0.6) is 5.75 Å². The normalized spacial score (nSPS) is 26.1. The predicted molar refractivity (Wildman–Crippen MR) is 78.0 cm³/mol. The molecule has 1 aromatic carbocycles. The van der Waals surface area contributed by atoms with Gasteiger partial charge in [-0.3, -0.25) is 4.90 Å². The van der Waals surface area contributed by atoms with Gasteiger partial charge in [-0.25, -0.2) is 4.79 Å². The number of rotatable bonds is 4. The van der Waals surface area contributed by atoms with Crippen LogP contribution in [0.3, 0.4) is 0 Å². The molecule has 5 nitrogen and oxygen atoms in total. The molecule has 1 heterocycles. The van der Waals surface area contributed by atoms with Crippen molar-refractivity contribution in [3.63, 3.8) is 0 Å². The lowest BCUT2D eigenvalue weighted by Crippen LogP contribution is -2.52. The molecule has 0 unspecified atom stereocenters. The number of benzene rings is 1. The average Bonchev–Trinajstić information content (AvgIpc) is 2.44. The van der Waals surface area contributed by atoms with Gasteiger partial charge in [0.05, 0.1) is 18.8 Å². The molecule has 0 aromatic heterocycles. The maximum atomic E-state index is 11.1. The number of aryl methyl sites for hydroxylation is 1. The molecule has 1 aliphatic carbocycles. The van der Waals surface area contributed by atoms with E-state index in [9.17, 15) is 4.79 Å². The second kappa shape index (κ2) is 6.03. The highest BCUT2D eigenvalue weighted by Gasteiger charge is 2.35. The number of hydrogen-bond acceptors (Lipinski definition) is 4. The second-order valence-corrected chi connectivity index (χ2v) is 5.80. The smallest absolute Gasteiger partial charge is 0.336 e. The molecule has 0 amide bonds. The molecule has 0 spiro atoms. The Morgan fingerprint density at radius 3 is 2.71 bits per heavy atom. The highest BCUT2D eigenvalue weighted by atomic mass is 16.5. The Balaban J connectivity index is 1.54. The molecule has 5 heteroatoms. The monoisotopic (exact) mass is 291 g/mol. The maximum Gasteiger partial charge on any atom is 0.336 e. The summed E-state index contributed by atoms with van der Waals surface area (Å²) in [5.41, 5.74) is 1.08. The third-order valence-corrected chi connectivity index (χ3v) is 4.37. The van der Waals surface area contributed by atoms with Gasteiger partial charge in [-0.15, -0.1) is 0 Å². The molecule has 0 atom stereocenters. The number of nitrogens with zero attached hydrogens (tertiary/aromatic N) is 1. The summed E-state index contributed by atoms with van der Waals surface area (Å²) in [6.07, 6.45) is 2.22. The number of hydrogen-bond donors (Lipinski definition) is 1. The largest absolute Gasteiger partial charge is 0.490 e.